The molecule has 4 nitrogen and oxygen atoms in total. The van der Waals surface area contributed by atoms with Gasteiger partial charge in [-0.1, -0.05) is 0 Å². The fourth-order valence-electron chi connectivity index (χ4n) is 1.45. The molecule has 1 amide bonds. The summed E-state index contributed by atoms with van der Waals surface area (Å²) in [6.07, 6.45) is 4.49. The first-order valence-corrected chi connectivity index (χ1v) is 5.37. The van der Waals surface area contributed by atoms with Gasteiger partial charge in [-0.3, -0.25) is 4.79 Å². The van der Waals surface area contributed by atoms with Gasteiger partial charge in [0.1, 0.15) is 0 Å². The molecule has 2 saturated carbocycles. The van der Waals surface area contributed by atoms with Crippen LogP contribution in [-0.2, 0) is 4.79 Å². The number of hydrogen-bond acceptors (Lipinski definition) is 3. The lowest BCUT2D eigenvalue weighted by atomic mass is 10.3. The van der Waals surface area contributed by atoms with Gasteiger partial charge in [-0.15, -0.1) is 0 Å². The number of rotatable bonds is 6. The molecule has 0 aliphatic heterocycles. The van der Waals surface area contributed by atoms with E-state index < -0.39 is 0 Å². The zero-order valence-corrected chi connectivity index (χ0v) is 8.38. The van der Waals surface area contributed by atoms with Crippen molar-refractivity contribution in [3.8, 4) is 0 Å². The van der Waals surface area contributed by atoms with E-state index in [-0.39, 0.29) is 18.1 Å². The molecule has 0 radical (unpaired) electrons. The van der Waals surface area contributed by atoms with E-state index in [9.17, 15) is 4.79 Å². The maximum atomic E-state index is 11.3. The van der Waals surface area contributed by atoms with Crippen LogP contribution in [0.3, 0.4) is 0 Å². The fourth-order valence-corrected chi connectivity index (χ4v) is 1.45. The summed E-state index contributed by atoms with van der Waals surface area (Å²) in [4.78, 5) is 11.3. The Morgan fingerprint density at radius 2 is 2.14 bits per heavy atom. The predicted octanol–water partition coefficient (Wildman–Crippen LogP) is -0.373. The lowest BCUT2D eigenvalue weighted by molar-refractivity contribution is -0.120. The van der Waals surface area contributed by atoms with E-state index in [4.69, 9.17) is 5.11 Å². The molecular weight excluding hydrogens is 180 g/mol. The van der Waals surface area contributed by atoms with E-state index in [0.29, 0.717) is 6.54 Å². The Balaban J connectivity index is 1.57. The third-order valence-corrected chi connectivity index (χ3v) is 3.06. The van der Waals surface area contributed by atoms with E-state index in [1.165, 1.54) is 12.8 Å². The largest absolute Gasteiger partial charge is 0.394 e. The zero-order chi connectivity index (χ0) is 10.0. The first-order chi connectivity index (χ1) is 6.74. The van der Waals surface area contributed by atoms with Crippen LogP contribution in [0.15, 0.2) is 0 Å². The molecule has 2 fully saturated rings. The normalized spacial score (nSPS) is 23.2. The summed E-state index contributed by atoms with van der Waals surface area (Å²) in [6, 6.07) is 0. The number of aliphatic hydroxyl groups is 1. The Hall–Kier alpha value is -0.610. The lowest BCUT2D eigenvalue weighted by Gasteiger charge is -2.13. The number of aliphatic hydroxyl groups excluding tert-OH is 1. The number of amides is 1. The minimum atomic E-state index is -0.128. The molecule has 2 aliphatic rings. The van der Waals surface area contributed by atoms with Gasteiger partial charge in [0.2, 0.25) is 5.91 Å². The van der Waals surface area contributed by atoms with Crippen molar-refractivity contribution >= 4 is 5.91 Å². The zero-order valence-electron chi connectivity index (χ0n) is 8.38. The molecule has 0 spiro atoms. The average molecular weight is 198 g/mol. The minimum absolute atomic E-state index is 0.0524. The van der Waals surface area contributed by atoms with Crippen molar-refractivity contribution in [1.82, 2.24) is 10.6 Å². The first-order valence-electron chi connectivity index (χ1n) is 5.37. The van der Waals surface area contributed by atoms with Gasteiger partial charge in [0.15, 0.2) is 0 Å². The van der Waals surface area contributed by atoms with E-state index in [1.807, 2.05) is 0 Å². The molecule has 0 atom stereocenters. The summed E-state index contributed by atoms with van der Waals surface area (Å²) in [5, 5.41) is 15.0. The van der Waals surface area contributed by atoms with Gasteiger partial charge in [-0.2, -0.15) is 0 Å². The molecule has 2 rings (SSSR count). The monoisotopic (exact) mass is 198 g/mol. The summed E-state index contributed by atoms with van der Waals surface area (Å²) >= 11 is 0. The van der Waals surface area contributed by atoms with Crippen LogP contribution in [0.2, 0.25) is 0 Å². The summed E-state index contributed by atoms with van der Waals surface area (Å²) in [5.74, 6) is 0.781. The van der Waals surface area contributed by atoms with Gasteiger partial charge < -0.3 is 15.7 Å². The first kappa shape index (κ1) is 9.93. The number of carbonyl (C=O) groups is 1. The SMILES string of the molecule is O=C(CNC1(CO)CC1)NCC1CC1. The highest BCUT2D eigenvalue weighted by atomic mass is 16.3. The summed E-state index contributed by atoms with van der Waals surface area (Å²) in [5.41, 5.74) is -0.128. The molecule has 0 bridgehead atoms. The maximum absolute atomic E-state index is 11.3. The summed E-state index contributed by atoms with van der Waals surface area (Å²) in [6.45, 7) is 1.31. The second kappa shape index (κ2) is 3.87. The molecule has 0 aromatic carbocycles. The van der Waals surface area contributed by atoms with E-state index in [0.717, 1.165) is 25.3 Å². The number of nitrogens with one attached hydrogen (secondary N) is 2. The molecule has 0 aromatic rings. The number of hydrogen-bond donors (Lipinski definition) is 3. The Labute approximate surface area is 84.1 Å². The highest BCUT2D eigenvalue weighted by Crippen LogP contribution is 2.34. The van der Waals surface area contributed by atoms with Crippen molar-refractivity contribution in [2.75, 3.05) is 19.7 Å². The molecule has 2 aliphatic carbocycles. The van der Waals surface area contributed by atoms with Gasteiger partial charge >= 0.3 is 0 Å². The van der Waals surface area contributed by atoms with Crippen LogP contribution in [0, 0.1) is 5.92 Å². The molecule has 0 aromatic heterocycles. The van der Waals surface area contributed by atoms with Gasteiger partial charge in [0.05, 0.1) is 13.2 Å². The number of carbonyl (C=O) groups excluding carboxylic acids is 1. The molecule has 4 heteroatoms. The van der Waals surface area contributed by atoms with Crippen LogP contribution in [0.25, 0.3) is 0 Å². The molecule has 14 heavy (non-hydrogen) atoms. The Morgan fingerprint density at radius 3 is 2.64 bits per heavy atom. The van der Waals surface area contributed by atoms with Crippen LogP contribution in [0.4, 0.5) is 0 Å². The van der Waals surface area contributed by atoms with Crippen LogP contribution >= 0.6 is 0 Å². The summed E-state index contributed by atoms with van der Waals surface area (Å²) < 4.78 is 0. The standard InChI is InChI=1S/C10H18N2O2/c13-7-10(3-4-10)12-6-9(14)11-5-8-1-2-8/h8,12-13H,1-7H2,(H,11,14). The topological polar surface area (TPSA) is 61.4 Å². The van der Waals surface area contributed by atoms with Crippen molar-refractivity contribution in [3.05, 3.63) is 0 Å². The molecule has 0 unspecified atom stereocenters. The highest BCUT2D eigenvalue weighted by molar-refractivity contribution is 5.78. The van der Waals surface area contributed by atoms with Crippen LogP contribution < -0.4 is 10.6 Å². The van der Waals surface area contributed by atoms with Crippen molar-refractivity contribution in [2.45, 2.75) is 31.2 Å². The maximum Gasteiger partial charge on any atom is 0.233 e. The molecule has 0 saturated heterocycles. The van der Waals surface area contributed by atoms with E-state index in [1.54, 1.807) is 0 Å². The molecule has 3 N–H and O–H groups in total. The summed E-state index contributed by atoms with van der Waals surface area (Å²) in [7, 11) is 0. The van der Waals surface area contributed by atoms with Crippen molar-refractivity contribution in [1.29, 1.82) is 0 Å². The smallest absolute Gasteiger partial charge is 0.233 e. The van der Waals surface area contributed by atoms with Gasteiger partial charge in [-0.05, 0) is 31.6 Å². The van der Waals surface area contributed by atoms with Gasteiger partial charge in [0, 0.05) is 12.1 Å². The molecule has 0 heterocycles. The van der Waals surface area contributed by atoms with Crippen LogP contribution in [0.1, 0.15) is 25.7 Å². The molecular formula is C10H18N2O2. The lowest BCUT2D eigenvalue weighted by Crippen LogP contribution is -2.42. The second-order valence-electron chi connectivity index (χ2n) is 4.54. The van der Waals surface area contributed by atoms with Crippen molar-refractivity contribution in [2.24, 2.45) is 5.92 Å². The Kier molecular flexibility index (Phi) is 2.74. The van der Waals surface area contributed by atoms with Crippen molar-refractivity contribution < 1.29 is 9.90 Å². The van der Waals surface area contributed by atoms with E-state index >= 15 is 0 Å². The predicted molar refractivity (Wildman–Crippen MR) is 52.8 cm³/mol. The van der Waals surface area contributed by atoms with Gasteiger partial charge in [-0.25, -0.2) is 0 Å². The second-order valence-corrected chi connectivity index (χ2v) is 4.54. The quantitative estimate of drug-likeness (QED) is 0.545. The minimum Gasteiger partial charge on any atom is -0.394 e. The van der Waals surface area contributed by atoms with E-state index in [2.05, 4.69) is 10.6 Å². The fraction of sp³-hybridized carbons (Fsp3) is 0.900. The highest BCUT2D eigenvalue weighted by Gasteiger charge is 2.41. The van der Waals surface area contributed by atoms with Crippen molar-refractivity contribution in [3.63, 3.8) is 0 Å². The van der Waals surface area contributed by atoms with Crippen LogP contribution in [0.5, 0.6) is 0 Å². The van der Waals surface area contributed by atoms with Gasteiger partial charge in [0.25, 0.3) is 0 Å². The Bertz CT molecular complexity index is 222. The van der Waals surface area contributed by atoms with Crippen LogP contribution in [-0.4, -0.2) is 36.2 Å². The third-order valence-electron chi connectivity index (χ3n) is 3.06. The Morgan fingerprint density at radius 1 is 1.43 bits per heavy atom. The molecule has 80 valence electrons. The third kappa shape index (κ3) is 2.69. The average Bonchev–Trinajstić information content (AvgIpc) is 3.06.